The maximum absolute atomic E-state index is 13.0. The molecule has 0 spiro atoms. The quantitative estimate of drug-likeness (QED) is 0.838. The number of likely N-dealkylation sites (tertiary alicyclic amines) is 1. The maximum Gasteiger partial charge on any atom is 0.236 e. The summed E-state index contributed by atoms with van der Waals surface area (Å²) in [7, 11) is 0. The van der Waals surface area contributed by atoms with Gasteiger partial charge in [0.1, 0.15) is 5.82 Å². The molecule has 25 heavy (non-hydrogen) atoms. The molecule has 138 valence electrons. The molecule has 0 aromatic heterocycles. The molecule has 2 saturated heterocycles. The van der Waals surface area contributed by atoms with E-state index in [1.54, 1.807) is 0 Å². The molecule has 5 heteroatoms. The first-order valence-corrected chi connectivity index (χ1v) is 9.68. The van der Waals surface area contributed by atoms with Crippen LogP contribution in [-0.2, 0) is 11.3 Å². The van der Waals surface area contributed by atoms with Gasteiger partial charge in [0.2, 0.25) is 5.91 Å². The number of carbonyl (C=O) groups is 1. The number of hydrogen-bond acceptors (Lipinski definition) is 3. The van der Waals surface area contributed by atoms with E-state index >= 15 is 0 Å². The van der Waals surface area contributed by atoms with E-state index < -0.39 is 0 Å². The van der Waals surface area contributed by atoms with Crippen molar-refractivity contribution in [2.45, 2.75) is 38.6 Å². The molecule has 1 aromatic carbocycles. The Bertz CT molecular complexity index is 540. The Hall–Kier alpha value is -1.46. The Morgan fingerprint density at radius 2 is 1.44 bits per heavy atom. The molecule has 0 aliphatic carbocycles. The zero-order valence-electron chi connectivity index (χ0n) is 15.1. The highest BCUT2D eigenvalue weighted by Crippen LogP contribution is 2.12. The summed E-state index contributed by atoms with van der Waals surface area (Å²) in [6, 6.07) is 6.78. The fourth-order valence-electron chi connectivity index (χ4n) is 3.80. The number of amides is 1. The lowest BCUT2D eigenvalue weighted by molar-refractivity contribution is -0.132. The molecule has 1 aromatic rings. The molecule has 3 rings (SSSR count). The summed E-state index contributed by atoms with van der Waals surface area (Å²) in [5.74, 6) is 0.117. The van der Waals surface area contributed by atoms with Crippen LogP contribution in [0.4, 0.5) is 4.39 Å². The third-order valence-electron chi connectivity index (χ3n) is 5.32. The molecule has 0 unspecified atom stereocenters. The first kappa shape index (κ1) is 18.3. The van der Waals surface area contributed by atoms with Gasteiger partial charge in [0.05, 0.1) is 6.54 Å². The predicted molar refractivity (Wildman–Crippen MR) is 97.8 cm³/mol. The lowest BCUT2D eigenvalue weighted by Crippen LogP contribution is -2.42. The second-order valence-corrected chi connectivity index (χ2v) is 7.33. The van der Waals surface area contributed by atoms with Gasteiger partial charge < -0.3 is 4.90 Å². The fraction of sp³-hybridized carbons (Fsp3) is 0.650. The van der Waals surface area contributed by atoms with Crippen molar-refractivity contribution in [1.82, 2.24) is 14.7 Å². The van der Waals surface area contributed by atoms with Crippen molar-refractivity contribution in [3.63, 3.8) is 0 Å². The third-order valence-corrected chi connectivity index (χ3v) is 5.32. The lowest BCUT2D eigenvalue weighted by Gasteiger charge is -2.26. The minimum atomic E-state index is -0.183. The standard InChI is InChI=1S/C20H30FN3O/c21-19-8-6-18(7-9-19)16-22-10-5-11-23(15-14-22)17-20(25)24-12-3-1-2-4-13-24/h6-9H,1-5,10-17H2. The van der Waals surface area contributed by atoms with Gasteiger partial charge in [-0.25, -0.2) is 4.39 Å². The smallest absolute Gasteiger partial charge is 0.236 e. The van der Waals surface area contributed by atoms with E-state index in [9.17, 15) is 9.18 Å². The van der Waals surface area contributed by atoms with Gasteiger partial charge >= 0.3 is 0 Å². The number of halogens is 1. The van der Waals surface area contributed by atoms with Crippen LogP contribution in [0.2, 0.25) is 0 Å². The molecule has 0 bridgehead atoms. The summed E-state index contributed by atoms with van der Waals surface area (Å²) in [6.07, 6.45) is 5.89. The van der Waals surface area contributed by atoms with E-state index in [1.807, 2.05) is 12.1 Å². The Morgan fingerprint density at radius 1 is 0.800 bits per heavy atom. The summed E-state index contributed by atoms with van der Waals surface area (Å²) in [5.41, 5.74) is 1.15. The molecule has 0 N–H and O–H groups in total. The molecule has 0 atom stereocenters. The molecular weight excluding hydrogens is 317 g/mol. The zero-order chi connectivity index (χ0) is 17.5. The van der Waals surface area contributed by atoms with E-state index in [1.165, 1.54) is 25.0 Å². The summed E-state index contributed by atoms with van der Waals surface area (Å²) < 4.78 is 13.0. The second kappa shape index (κ2) is 9.30. The van der Waals surface area contributed by atoms with Crippen LogP contribution in [0.25, 0.3) is 0 Å². The third kappa shape index (κ3) is 5.79. The van der Waals surface area contributed by atoms with Crippen molar-refractivity contribution < 1.29 is 9.18 Å². The average Bonchev–Trinajstić information content (AvgIpc) is 3.00. The second-order valence-electron chi connectivity index (χ2n) is 7.33. The monoisotopic (exact) mass is 347 g/mol. The van der Waals surface area contributed by atoms with Crippen molar-refractivity contribution in [3.05, 3.63) is 35.6 Å². The van der Waals surface area contributed by atoms with Crippen LogP contribution >= 0.6 is 0 Å². The van der Waals surface area contributed by atoms with Crippen LogP contribution in [0.15, 0.2) is 24.3 Å². The first-order valence-electron chi connectivity index (χ1n) is 9.68. The van der Waals surface area contributed by atoms with Crippen LogP contribution in [0.1, 0.15) is 37.7 Å². The molecular formula is C20H30FN3O. The molecule has 4 nitrogen and oxygen atoms in total. The molecule has 1 amide bonds. The molecule has 0 radical (unpaired) electrons. The number of rotatable bonds is 4. The van der Waals surface area contributed by atoms with Crippen LogP contribution in [-0.4, -0.2) is 66.4 Å². The van der Waals surface area contributed by atoms with Crippen LogP contribution in [0.5, 0.6) is 0 Å². The Kier molecular flexibility index (Phi) is 6.82. The molecule has 2 aliphatic heterocycles. The van der Waals surface area contributed by atoms with Gasteiger partial charge in [0.25, 0.3) is 0 Å². The summed E-state index contributed by atoms with van der Waals surface area (Å²) in [6.45, 7) is 7.20. The number of carbonyl (C=O) groups excluding carboxylic acids is 1. The Labute approximate surface area is 150 Å². The van der Waals surface area contributed by atoms with Crippen molar-refractivity contribution in [2.75, 3.05) is 45.8 Å². The van der Waals surface area contributed by atoms with Gasteiger partial charge in [0.15, 0.2) is 0 Å². The Balaban J connectivity index is 1.46. The number of benzene rings is 1. The fourth-order valence-corrected chi connectivity index (χ4v) is 3.80. The Morgan fingerprint density at radius 3 is 2.16 bits per heavy atom. The summed E-state index contributed by atoms with van der Waals surface area (Å²) >= 11 is 0. The minimum absolute atomic E-state index is 0.183. The van der Waals surface area contributed by atoms with E-state index in [0.29, 0.717) is 12.5 Å². The zero-order valence-corrected chi connectivity index (χ0v) is 15.1. The van der Waals surface area contributed by atoms with Crippen molar-refractivity contribution in [3.8, 4) is 0 Å². The van der Waals surface area contributed by atoms with Gasteiger partial charge in [-0.05, 0) is 50.0 Å². The highest BCUT2D eigenvalue weighted by molar-refractivity contribution is 5.78. The number of hydrogen-bond donors (Lipinski definition) is 0. The van der Waals surface area contributed by atoms with E-state index in [2.05, 4.69) is 14.7 Å². The lowest BCUT2D eigenvalue weighted by atomic mass is 10.2. The normalized spacial score (nSPS) is 20.9. The van der Waals surface area contributed by atoms with E-state index in [4.69, 9.17) is 0 Å². The van der Waals surface area contributed by atoms with Gasteiger partial charge in [0, 0.05) is 32.7 Å². The highest BCUT2D eigenvalue weighted by Gasteiger charge is 2.21. The van der Waals surface area contributed by atoms with Gasteiger partial charge in [-0.15, -0.1) is 0 Å². The van der Waals surface area contributed by atoms with Crippen molar-refractivity contribution in [1.29, 1.82) is 0 Å². The van der Waals surface area contributed by atoms with Gasteiger partial charge in [-0.1, -0.05) is 25.0 Å². The number of nitrogens with zero attached hydrogens (tertiary/aromatic N) is 3. The molecule has 0 saturated carbocycles. The molecule has 2 aliphatic rings. The topological polar surface area (TPSA) is 26.8 Å². The minimum Gasteiger partial charge on any atom is -0.342 e. The van der Waals surface area contributed by atoms with Gasteiger partial charge in [-0.3, -0.25) is 14.6 Å². The molecule has 2 fully saturated rings. The highest BCUT2D eigenvalue weighted by atomic mass is 19.1. The van der Waals surface area contributed by atoms with Crippen molar-refractivity contribution >= 4 is 5.91 Å². The van der Waals surface area contributed by atoms with E-state index in [0.717, 1.165) is 70.6 Å². The summed E-state index contributed by atoms with van der Waals surface area (Å²) in [4.78, 5) is 19.3. The van der Waals surface area contributed by atoms with Crippen molar-refractivity contribution in [2.24, 2.45) is 0 Å². The predicted octanol–water partition coefficient (Wildman–Crippen LogP) is 2.74. The van der Waals surface area contributed by atoms with Gasteiger partial charge in [-0.2, -0.15) is 0 Å². The average molecular weight is 347 g/mol. The van der Waals surface area contributed by atoms with Crippen LogP contribution in [0, 0.1) is 5.82 Å². The largest absolute Gasteiger partial charge is 0.342 e. The van der Waals surface area contributed by atoms with E-state index in [-0.39, 0.29) is 5.82 Å². The first-order chi connectivity index (χ1) is 12.2. The van der Waals surface area contributed by atoms with Crippen LogP contribution in [0.3, 0.4) is 0 Å². The van der Waals surface area contributed by atoms with Crippen LogP contribution < -0.4 is 0 Å². The molecule has 2 heterocycles. The maximum atomic E-state index is 13.0. The summed E-state index contributed by atoms with van der Waals surface area (Å²) in [5, 5.41) is 0. The SMILES string of the molecule is O=C(CN1CCCN(Cc2ccc(F)cc2)CC1)N1CCCCCC1.